The number of carbonyl (C=O) groups is 1. The molecule has 152 valence electrons. The molecule has 0 bridgehead atoms. The number of benzene rings is 2. The van der Waals surface area contributed by atoms with E-state index in [1.54, 1.807) is 17.0 Å². The number of halogens is 1. The molecular weight excluding hydrogens is 392 g/mol. The van der Waals surface area contributed by atoms with Gasteiger partial charge in [0.25, 0.3) is 11.6 Å². The minimum absolute atomic E-state index is 0.0378. The molecule has 1 saturated carbocycles. The summed E-state index contributed by atoms with van der Waals surface area (Å²) in [6.07, 6.45) is 2.05. The van der Waals surface area contributed by atoms with Crippen molar-refractivity contribution < 1.29 is 9.72 Å². The van der Waals surface area contributed by atoms with Gasteiger partial charge < -0.3 is 10.2 Å². The van der Waals surface area contributed by atoms with Crippen molar-refractivity contribution in [2.75, 3.05) is 31.5 Å². The molecule has 2 aromatic carbocycles. The summed E-state index contributed by atoms with van der Waals surface area (Å²) in [5.41, 5.74) is 2.00. The Bertz CT molecular complexity index is 907. The maximum absolute atomic E-state index is 12.9. The van der Waals surface area contributed by atoms with Gasteiger partial charge in [0.1, 0.15) is 5.69 Å². The van der Waals surface area contributed by atoms with Crippen LogP contribution in [-0.4, -0.2) is 52.9 Å². The number of carbonyl (C=O) groups excluding carboxylic acids is 1. The van der Waals surface area contributed by atoms with Crippen LogP contribution >= 0.6 is 11.6 Å². The Hall–Kier alpha value is -2.64. The number of nitro benzene ring substituents is 1. The summed E-state index contributed by atoms with van der Waals surface area (Å²) in [5, 5.41) is 15.3. The summed E-state index contributed by atoms with van der Waals surface area (Å²) in [7, 11) is 0. The third-order valence-electron chi connectivity index (χ3n) is 5.36. The number of anilines is 1. The van der Waals surface area contributed by atoms with E-state index in [1.807, 2.05) is 24.3 Å². The quantitative estimate of drug-likeness (QED) is 0.574. The highest BCUT2D eigenvalue weighted by atomic mass is 35.5. The maximum Gasteiger partial charge on any atom is 0.293 e. The van der Waals surface area contributed by atoms with Crippen LogP contribution in [-0.2, 0) is 6.54 Å². The predicted molar refractivity (Wildman–Crippen MR) is 112 cm³/mol. The van der Waals surface area contributed by atoms with Crippen LogP contribution in [0.1, 0.15) is 28.8 Å². The van der Waals surface area contributed by atoms with Crippen molar-refractivity contribution >= 4 is 28.9 Å². The molecule has 0 spiro atoms. The minimum atomic E-state index is -0.425. The zero-order valence-electron chi connectivity index (χ0n) is 16.0. The number of hydrogen-bond donors (Lipinski definition) is 1. The summed E-state index contributed by atoms with van der Waals surface area (Å²) in [4.78, 5) is 27.9. The van der Waals surface area contributed by atoms with Crippen molar-refractivity contribution in [3.8, 4) is 0 Å². The van der Waals surface area contributed by atoms with Crippen LogP contribution in [0, 0.1) is 10.1 Å². The Morgan fingerprint density at radius 2 is 1.79 bits per heavy atom. The monoisotopic (exact) mass is 414 g/mol. The van der Waals surface area contributed by atoms with Gasteiger partial charge in [-0.05, 0) is 42.7 Å². The molecule has 2 fully saturated rings. The Morgan fingerprint density at radius 3 is 2.41 bits per heavy atom. The molecule has 0 unspecified atom stereocenters. The molecule has 7 nitrogen and oxygen atoms in total. The number of amides is 1. The van der Waals surface area contributed by atoms with Gasteiger partial charge in [-0.2, -0.15) is 0 Å². The summed E-state index contributed by atoms with van der Waals surface area (Å²) >= 11 is 5.93. The second-order valence-electron chi connectivity index (χ2n) is 7.60. The summed E-state index contributed by atoms with van der Waals surface area (Å²) in [6.45, 7) is 3.53. The van der Waals surface area contributed by atoms with Gasteiger partial charge in [-0.15, -0.1) is 0 Å². The van der Waals surface area contributed by atoms with Crippen molar-refractivity contribution in [3.05, 3.63) is 68.7 Å². The molecule has 1 heterocycles. The molecule has 8 heteroatoms. The van der Waals surface area contributed by atoms with E-state index < -0.39 is 4.92 Å². The number of piperazine rings is 1. The van der Waals surface area contributed by atoms with Gasteiger partial charge >= 0.3 is 0 Å². The van der Waals surface area contributed by atoms with Crippen LogP contribution < -0.4 is 5.32 Å². The van der Waals surface area contributed by atoms with Crippen LogP contribution in [0.25, 0.3) is 0 Å². The van der Waals surface area contributed by atoms with Crippen molar-refractivity contribution in [1.82, 2.24) is 9.80 Å². The fraction of sp³-hybridized carbons (Fsp3) is 0.381. The Morgan fingerprint density at radius 1 is 1.10 bits per heavy atom. The van der Waals surface area contributed by atoms with Crippen molar-refractivity contribution in [2.45, 2.75) is 25.4 Å². The smallest absolute Gasteiger partial charge is 0.293 e. The third-order valence-corrected chi connectivity index (χ3v) is 5.61. The van der Waals surface area contributed by atoms with Crippen LogP contribution in [0.3, 0.4) is 0 Å². The fourth-order valence-corrected chi connectivity index (χ4v) is 3.65. The topological polar surface area (TPSA) is 78.7 Å². The lowest BCUT2D eigenvalue weighted by Crippen LogP contribution is -2.48. The lowest BCUT2D eigenvalue weighted by atomic mass is 10.1. The highest BCUT2D eigenvalue weighted by Gasteiger charge is 2.27. The molecule has 1 N–H and O–H groups in total. The Labute approximate surface area is 174 Å². The largest absolute Gasteiger partial charge is 0.377 e. The second kappa shape index (κ2) is 8.39. The van der Waals surface area contributed by atoms with Gasteiger partial charge in [0.05, 0.1) is 4.92 Å². The zero-order valence-corrected chi connectivity index (χ0v) is 16.8. The molecule has 1 amide bonds. The molecule has 1 aliphatic heterocycles. The molecule has 0 atom stereocenters. The van der Waals surface area contributed by atoms with E-state index in [-0.39, 0.29) is 11.6 Å². The van der Waals surface area contributed by atoms with E-state index in [4.69, 9.17) is 11.6 Å². The van der Waals surface area contributed by atoms with Crippen molar-refractivity contribution in [2.24, 2.45) is 0 Å². The molecule has 2 aliphatic rings. The number of nitro groups is 1. The van der Waals surface area contributed by atoms with Gasteiger partial charge in [0.15, 0.2) is 0 Å². The zero-order chi connectivity index (χ0) is 20.4. The first-order valence-corrected chi connectivity index (χ1v) is 10.2. The summed E-state index contributed by atoms with van der Waals surface area (Å²) in [6, 6.07) is 12.8. The van der Waals surface area contributed by atoms with Crippen LogP contribution in [0.4, 0.5) is 11.4 Å². The standard InChI is InChI=1S/C21H23ClN4O3/c22-17-4-1-15(2-5-17)14-24-9-11-25(12-10-24)21(27)16-3-8-19(23-18-6-7-18)20(13-16)26(28)29/h1-5,8,13,18,23H,6-7,9-12,14H2. The molecular formula is C21H23ClN4O3. The van der Waals surface area contributed by atoms with Gasteiger partial charge in [-0.1, -0.05) is 23.7 Å². The van der Waals surface area contributed by atoms with Gasteiger partial charge in [-0.3, -0.25) is 19.8 Å². The molecule has 0 aromatic heterocycles. The van der Waals surface area contributed by atoms with Gasteiger partial charge in [0.2, 0.25) is 0 Å². The highest BCUT2D eigenvalue weighted by Crippen LogP contribution is 2.32. The lowest BCUT2D eigenvalue weighted by molar-refractivity contribution is -0.384. The molecule has 4 rings (SSSR count). The number of rotatable bonds is 6. The SMILES string of the molecule is O=C(c1ccc(NC2CC2)c([N+](=O)[O-])c1)N1CCN(Cc2ccc(Cl)cc2)CC1. The molecule has 1 aliphatic carbocycles. The minimum Gasteiger partial charge on any atom is -0.377 e. The van der Waals surface area contributed by atoms with E-state index in [9.17, 15) is 14.9 Å². The van der Waals surface area contributed by atoms with Gasteiger partial charge in [-0.25, -0.2) is 0 Å². The van der Waals surface area contributed by atoms with E-state index in [0.29, 0.717) is 30.4 Å². The molecule has 1 saturated heterocycles. The van der Waals surface area contributed by atoms with Crippen molar-refractivity contribution in [1.29, 1.82) is 0 Å². The Balaban J connectivity index is 1.38. The molecule has 29 heavy (non-hydrogen) atoms. The van der Waals surface area contributed by atoms with Crippen LogP contribution in [0.2, 0.25) is 5.02 Å². The second-order valence-corrected chi connectivity index (χ2v) is 8.04. The number of nitrogens with zero attached hydrogens (tertiary/aromatic N) is 3. The van der Waals surface area contributed by atoms with Crippen LogP contribution in [0.5, 0.6) is 0 Å². The third kappa shape index (κ3) is 4.86. The molecule has 0 radical (unpaired) electrons. The predicted octanol–water partition coefficient (Wildman–Crippen LogP) is 3.78. The first-order valence-electron chi connectivity index (χ1n) is 9.80. The summed E-state index contributed by atoms with van der Waals surface area (Å²) in [5.74, 6) is -0.155. The summed E-state index contributed by atoms with van der Waals surface area (Å²) < 4.78 is 0. The van der Waals surface area contributed by atoms with E-state index in [2.05, 4.69) is 10.2 Å². The average Bonchev–Trinajstić information content (AvgIpc) is 3.54. The van der Waals surface area contributed by atoms with Crippen molar-refractivity contribution in [3.63, 3.8) is 0 Å². The normalized spacial score (nSPS) is 17.2. The maximum atomic E-state index is 12.9. The number of nitrogens with one attached hydrogen (secondary N) is 1. The Kier molecular flexibility index (Phi) is 5.69. The fourth-order valence-electron chi connectivity index (χ4n) is 3.53. The highest BCUT2D eigenvalue weighted by molar-refractivity contribution is 6.30. The van der Waals surface area contributed by atoms with E-state index in [1.165, 1.54) is 11.6 Å². The first kappa shape index (κ1) is 19.7. The number of hydrogen-bond acceptors (Lipinski definition) is 5. The molecule has 2 aromatic rings. The van der Waals surface area contributed by atoms with E-state index in [0.717, 1.165) is 37.5 Å². The average molecular weight is 415 g/mol. The first-order chi connectivity index (χ1) is 14.0. The van der Waals surface area contributed by atoms with E-state index >= 15 is 0 Å². The lowest BCUT2D eigenvalue weighted by Gasteiger charge is -2.34. The van der Waals surface area contributed by atoms with Crippen LogP contribution in [0.15, 0.2) is 42.5 Å². The van der Waals surface area contributed by atoms with Gasteiger partial charge in [0, 0.05) is 55.4 Å².